The summed E-state index contributed by atoms with van der Waals surface area (Å²) >= 11 is 0. The minimum absolute atomic E-state index is 0.00268. The van der Waals surface area contributed by atoms with Gasteiger partial charge in [-0.3, -0.25) is 9.59 Å². The van der Waals surface area contributed by atoms with Crippen molar-refractivity contribution in [1.82, 2.24) is 9.88 Å². The highest BCUT2D eigenvalue weighted by atomic mass is 16.3. The van der Waals surface area contributed by atoms with Gasteiger partial charge in [0.05, 0.1) is 0 Å². The summed E-state index contributed by atoms with van der Waals surface area (Å²) in [6, 6.07) is 0. The maximum atomic E-state index is 13.5. The molecule has 0 unspecified atom stereocenters. The van der Waals surface area contributed by atoms with Crippen molar-refractivity contribution in [2.45, 2.75) is 102 Å². The molecule has 5 nitrogen and oxygen atoms in total. The van der Waals surface area contributed by atoms with Crippen LogP contribution < -0.4 is 10.9 Å². The van der Waals surface area contributed by atoms with E-state index in [-0.39, 0.29) is 28.3 Å². The van der Waals surface area contributed by atoms with Gasteiger partial charge in [-0.15, -0.1) is 0 Å². The van der Waals surface area contributed by atoms with Crippen LogP contribution in [-0.2, 0) is 19.4 Å². The van der Waals surface area contributed by atoms with Gasteiger partial charge in [-0.1, -0.05) is 19.8 Å². The Bertz CT molecular complexity index is 865. The molecule has 0 aliphatic heterocycles. The molecule has 5 aliphatic rings. The SMILES string of the molecule is CCCCCn1c2c(c(O)c(C(=O)NC34CC5CC(CC(C5)C3)C4)c1=O)CCCC2. The number of rotatable bonds is 6. The first-order chi connectivity index (χ1) is 14.5. The molecule has 0 saturated heterocycles. The molecular weight excluding hydrogens is 376 g/mol. The van der Waals surface area contributed by atoms with Crippen LogP contribution in [0.2, 0.25) is 0 Å². The number of carbonyl (C=O) groups excluding carboxylic acids is 1. The van der Waals surface area contributed by atoms with Crippen LogP contribution in [0.5, 0.6) is 5.75 Å². The molecule has 1 aromatic rings. The number of nitrogens with zero attached hydrogens (tertiary/aromatic N) is 1. The van der Waals surface area contributed by atoms with Gasteiger partial charge >= 0.3 is 0 Å². The smallest absolute Gasteiger partial charge is 0.267 e. The Morgan fingerprint density at radius 3 is 2.33 bits per heavy atom. The van der Waals surface area contributed by atoms with E-state index in [1.807, 2.05) is 4.57 Å². The van der Waals surface area contributed by atoms with E-state index in [1.54, 1.807) is 0 Å². The average Bonchev–Trinajstić information content (AvgIpc) is 2.69. The minimum atomic E-state index is -0.336. The van der Waals surface area contributed by atoms with Crippen molar-refractivity contribution in [1.29, 1.82) is 0 Å². The molecule has 1 amide bonds. The standard InChI is InChI=1S/C25H36N2O3/c1-2-3-6-9-27-20-8-5-4-7-19(20)22(28)21(24(27)30)23(29)26-25-13-16-10-17(14-25)12-18(11-16)15-25/h16-18,28H,2-15H2,1H3,(H,26,29). The molecule has 4 bridgehead atoms. The quantitative estimate of drug-likeness (QED) is 0.684. The van der Waals surface area contributed by atoms with Crippen LogP contribution >= 0.6 is 0 Å². The van der Waals surface area contributed by atoms with Crippen LogP contribution in [0.1, 0.15) is 99.2 Å². The normalized spacial score (nSPS) is 31.6. The first-order valence-corrected chi connectivity index (χ1v) is 12.3. The van der Waals surface area contributed by atoms with Gasteiger partial charge in [0.25, 0.3) is 11.5 Å². The second-order valence-electron chi connectivity index (χ2n) is 10.7. The number of nitrogens with one attached hydrogen (secondary N) is 1. The van der Waals surface area contributed by atoms with Crippen molar-refractivity contribution in [2.24, 2.45) is 17.8 Å². The average molecular weight is 413 g/mol. The first kappa shape index (κ1) is 20.1. The molecule has 1 heterocycles. The van der Waals surface area contributed by atoms with Gasteiger partial charge < -0.3 is 15.0 Å². The number of carbonyl (C=O) groups is 1. The number of aromatic nitrogens is 1. The number of aromatic hydroxyl groups is 1. The van der Waals surface area contributed by atoms with Crippen molar-refractivity contribution in [2.75, 3.05) is 0 Å². The molecule has 6 rings (SSSR count). The fraction of sp³-hybridized carbons (Fsp3) is 0.760. The molecular formula is C25H36N2O3. The molecule has 0 atom stereocenters. The van der Waals surface area contributed by atoms with E-state index in [1.165, 1.54) is 19.3 Å². The summed E-state index contributed by atoms with van der Waals surface area (Å²) in [6.07, 6.45) is 13.8. The Balaban J connectivity index is 1.48. The lowest BCUT2D eigenvalue weighted by molar-refractivity contribution is -0.0167. The molecule has 5 heteroatoms. The summed E-state index contributed by atoms with van der Waals surface area (Å²) in [4.78, 5) is 26.9. The summed E-state index contributed by atoms with van der Waals surface area (Å²) in [5.74, 6) is 1.79. The predicted molar refractivity (Wildman–Crippen MR) is 117 cm³/mol. The summed E-state index contributed by atoms with van der Waals surface area (Å²) < 4.78 is 1.82. The highest BCUT2D eigenvalue weighted by Gasteiger charge is 2.51. The molecule has 0 spiro atoms. The van der Waals surface area contributed by atoms with Gasteiger partial charge in [0, 0.05) is 23.3 Å². The van der Waals surface area contributed by atoms with Crippen molar-refractivity contribution >= 4 is 5.91 Å². The molecule has 4 fully saturated rings. The van der Waals surface area contributed by atoms with Gasteiger partial charge in [0.1, 0.15) is 11.3 Å². The third-order valence-electron chi connectivity index (χ3n) is 8.38. The number of hydrogen-bond acceptors (Lipinski definition) is 3. The molecule has 2 N–H and O–H groups in total. The number of hydrogen-bond donors (Lipinski definition) is 2. The highest BCUT2D eigenvalue weighted by molar-refractivity contribution is 5.97. The Morgan fingerprint density at radius 2 is 1.70 bits per heavy atom. The topological polar surface area (TPSA) is 71.3 Å². The summed E-state index contributed by atoms with van der Waals surface area (Å²) in [5, 5.41) is 14.3. The minimum Gasteiger partial charge on any atom is -0.507 e. The molecule has 4 saturated carbocycles. The number of amides is 1. The van der Waals surface area contributed by atoms with E-state index in [9.17, 15) is 14.7 Å². The zero-order chi connectivity index (χ0) is 20.9. The Kier molecular flexibility index (Phi) is 5.19. The zero-order valence-electron chi connectivity index (χ0n) is 18.3. The maximum absolute atomic E-state index is 13.5. The monoisotopic (exact) mass is 412 g/mol. The van der Waals surface area contributed by atoms with E-state index in [0.717, 1.165) is 93.2 Å². The summed E-state index contributed by atoms with van der Waals surface area (Å²) in [7, 11) is 0. The van der Waals surface area contributed by atoms with Crippen LogP contribution in [0, 0.1) is 17.8 Å². The van der Waals surface area contributed by atoms with Crippen LogP contribution in [0.25, 0.3) is 0 Å². The van der Waals surface area contributed by atoms with Gasteiger partial charge in [-0.25, -0.2) is 0 Å². The Morgan fingerprint density at radius 1 is 1.07 bits per heavy atom. The molecule has 164 valence electrons. The fourth-order valence-electron chi connectivity index (χ4n) is 7.48. The van der Waals surface area contributed by atoms with Crippen molar-refractivity contribution < 1.29 is 9.90 Å². The van der Waals surface area contributed by atoms with Crippen LogP contribution in [-0.4, -0.2) is 21.1 Å². The van der Waals surface area contributed by atoms with E-state index in [2.05, 4.69) is 12.2 Å². The van der Waals surface area contributed by atoms with Crippen molar-refractivity contribution in [3.05, 3.63) is 27.2 Å². The number of fused-ring (bicyclic) bond motifs is 1. The summed E-state index contributed by atoms with van der Waals surface area (Å²) in [5.41, 5.74) is 1.36. The van der Waals surface area contributed by atoms with Gasteiger partial charge in [-0.05, 0) is 88.4 Å². The number of pyridine rings is 1. The molecule has 0 aromatic carbocycles. The van der Waals surface area contributed by atoms with E-state index in [0.29, 0.717) is 6.54 Å². The first-order valence-electron chi connectivity index (χ1n) is 12.3. The lowest BCUT2D eigenvalue weighted by Crippen LogP contribution is -2.60. The van der Waals surface area contributed by atoms with E-state index in [4.69, 9.17) is 0 Å². The maximum Gasteiger partial charge on any atom is 0.267 e. The van der Waals surface area contributed by atoms with Crippen LogP contribution in [0.3, 0.4) is 0 Å². The largest absolute Gasteiger partial charge is 0.507 e. The lowest BCUT2D eigenvalue weighted by Gasteiger charge is -2.56. The molecule has 1 aromatic heterocycles. The predicted octanol–water partition coefficient (Wildman–Crippen LogP) is 4.32. The van der Waals surface area contributed by atoms with Gasteiger partial charge in [0.15, 0.2) is 0 Å². The van der Waals surface area contributed by atoms with Crippen LogP contribution in [0.4, 0.5) is 0 Å². The Hall–Kier alpha value is -1.78. The van der Waals surface area contributed by atoms with Crippen LogP contribution in [0.15, 0.2) is 4.79 Å². The molecule has 5 aliphatic carbocycles. The summed E-state index contributed by atoms with van der Waals surface area (Å²) in [6.45, 7) is 2.80. The van der Waals surface area contributed by atoms with Gasteiger partial charge in [0.2, 0.25) is 0 Å². The molecule has 30 heavy (non-hydrogen) atoms. The van der Waals surface area contributed by atoms with Crippen molar-refractivity contribution in [3.8, 4) is 5.75 Å². The molecule has 0 radical (unpaired) electrons. The third-order valence-corrected chi connectivity index (χ3v) is 8.38. The second kappa shape index (κ2) is 7.72. The van der Waals surface area contributed by atoms with Crippen molar-refractivity contribution in [3.63, 3.8) is 0 Å². The highest BCUT2D eigenvalue weighted by Crippen LogP contribution is 2.55. The van der Waals surface area contributed by atoms with Gasteiger partial charge in [-0.2, -0.15) is 0 Å². The van der Waals surface area contributed by atoms with E-state index >= 15 is 0 Å². The fourth-order valence-corrected chi connectivity index (χ4v) is 7.48. The third kappa shape index (κ3) is 3.38. The Labute approximate surface area is 179 Å². The lowest BCUT2D eigenvalue weighted by atomic mass is 9.53. The number of unbranched alkanes of at least 4 members (excludes halogenated alkanes) is 2. The second-order valence-corrected chi connectivity index (χ2v) is 10.7. The zero-order valence-corrected chi connectivity index (χ0v) is 18.3. The van der Waals surface area contributed by atoms with E-state index < -0.39 is 0 Å².